The van der Waals surface area contributed by atoms with Gasteiger partial charge in [-0.25, -0.2) is 8.42 Å². The van der Waals surface area contributed by atoms with Gasteiger partial charge in [0.15, 0.2) is 0 Å². The Labute approximate surface area is 164 Å². The molecule has 0 aliphatic carbocycles. The molecule has 1 saturated heterocycles. The van der Waals surface area contributed by atoms with Crippen molar-refractivity contribution in [1.29, 1.82) is 0 Å². The van der Waals surface area contributed by atoms with Crippen molar-refractivity contribution in [3.8, 4) is 0 Å². The van der Waals surface area contributed by atoms with Crippen LogP contribution >= 0.6 is 11.3 Å². The van der Waals surface area contributed by atoms with E-state index in [2.05, 4.69) is 5.32 Å². The van der Waals surface area contributed by atoms with E-state index in [0.29, 0.717) is 26.2 Å². The zero-order valence-corrected chi connectivity index (χ0v) is 17.1. The van der Waals surface area contributed by atoms with E-state index in [1.54, 1.807) is 11.4 Å². The standard InChI is InChI=1S/C19H25N3O3S2/c1-21(16-8-4-2-5-9-16)14-11-20-19(23)18-17(10-15-26-18)27(24,25)22-12-6-3-7-13-22/h2,4-5,8-10,15H,3,6-7,11-14H2,1H3,(H,20,23). The minimum atomic E-state index is -3.61. The summed E-state index contributed by atoms with van der Waals surface area (Å²) in [6, 6.07) is 11.4. The van der Waals surface area contributed by atoms with Gasteiger partial charge in [0.05, 0.1) is 0 Å². The zero-order chi connectivity index (χ0) is 19.3. The molecule has 8 heteroatoms. The van der Waals surface area contributed by atoms with Crippen molar-refractivity contribution in [2.45, 2.75) is 24.2 Å². The molecule has 1 N–H and O–H groups in total. The van der Waals surface area contributed by atoms with Gasteiger partial charge in [-0.05, 0) is 36.4 Å². The van der Waals surface area contributed by atoms with Crippen LogP contribution in [0.25, 0.3) is 0 Å². The van der Waals surface area contributed by atoms with Crippen molar-refractivity contribution in [3.05, 3.63) is 46.7 Å². The molecule has 146 valence electrons. The molecule has 1 aliphatic rings. The smallest absolute Gasteiger partial charge is 0.262 e. The van der Waals surface area contributed by atoms with Gasteiger partial charge in [-0.2, -0.15) is 4.31 Å². The lowest BCUT2D eigenvalue weighted by Crippen LogP contribution is -2.37. The third kappa shape index (κ3) is 4.69. The molecule has 27 heavy (non-hydrogen) atoms. The first-order valence-corrected chi connectivity index (χ1v) is 11.4. The Morgan fingerprint density at radius 1 is 1.15 bits per heavy atom. The number of hydrogen-bond donors (Lipinski definition) is 1. The summed E-state index contributed by atoms with van der Waals surface area (Å²) >= 11 is 1.17. The number of carbonyl (C=O) groups is 1. The predicted molar refractivity (Wildman–Crippen MR) is 109 cm³/mol. The summed E-state index contributed by atoms with van der Waals surface area (Å²) in [6.45, 7) is 2.13. The molecule has 0 atom stereocenters. The van der Waals surface area contributed by atoms with Crippen molar-refractivity contribution in [2.24, 2.45) is 0 Å². The molecule has 1 aromatic carbocycles. The van der Waals surface area contributed by atoms with E-state index in [-0.39, 0.29) is 15.7 Å². The molecule has 0 saturated carbocycles. The molecule has 1 aromatic heterocycles. The summed E-state index contributed by atoms with van der Waals surface area (Å²) < 4.78 is 27.3. The van der Waals surface area contributed by atoms with Gasteiger partial charge in [0.1, 0.15) is 9.77 Å². The van der Waals surface area contributed by atoms with Gasteiger partial charge in [-0.3, -0.25) is 4.79 Å². The van der Waals surface area contributed by atoms with Crippen LogP contribution in [0.15, 0.2) is 46.7 Å². The van der Waals surface area contributed by atoms with Crippen LogP contribution in [0.3, 0.4) is 0 Å². The van der Waals surface area contributed by atoms with Crippen LogP contribution in [-0.4, -0.2) is 51.9 Å². The van der Waals surface area contributed by atoms with Crippen LogP contribution in [0.4, 0.5) is 5.69 Å². The van der Waals surface area contributed by atoms with Gasteiger partial charge in [-0.1, -0.05) is 24.6 Å². The van der Waals surface area contributed by atoms with Crippen molar-refractivity contribution >= 4 is 33.0 Å². The fraction of sp³-hybridized carbons (Fsp3) is 0.421. The fourth-order valence-corrected chi connectivity index (χ4v) is 5.97. The lowest BCUT2D eigenvalue weighted by atomic mass is 10.2. The summed E-state index contributed by atoms with van der Waals surface area (Å²) in [6.07, 6.45) is 2.80. The van der Waals surface area contributed by atoms with Crippen LogP contribution in [0.5, 0.6) is 0 Å². The van der Waals surface area contributed by atoms with E-state index >= 15 is 0 Å². The summed E-state index contributed by atoms with van der Waals surface area (Å²) in [4.78, 5) is 15.0. The van der Waals surface area contributed by atoms with E-state index in [1.807, 2.05) is 42.3 Å². The summed E-state index contributed by atoms with van der Waals surface area (Å²) in [5.74, 6) is -0.331. The normalized spacial score (nSPS) is 15.4. The number of likely N-dealkylation sites (N-methyl/N-ethyl adjacent to an activating group) is 1. The number of piperidine rings is 1. The minimum Gasteiger partial charge on any atom is -0.373 e. The second kappa shape index (κ2) is 8.86. The average Bonchev–Trinajstić information content (AvgIpc) is 3.20. The topological polar surface area (TPSA) is 69.7 Å². The summed E-state index contributed by atoms with van der Waals surface area (Å²) in [7, 11) is -1.65. The number of rotatable bonds is 7. The van der Waals surface area contributed by atoms with Gasteiger partial charge in [0.25, 0.3) is 5.91 Å². The van der Waals surface area contributed by atoms with Gasteiger partial charge in [0.2, 0.25) is 10.0 Å². The molecule has 1 amide bonds. The molecule has 0 spiro atoms. The molecule has 3 rings (SSSR count). The van der Waals surface area contributed by atoms with Gasteiger partial charge >= 0.3 is 0 Å². The van der Waals surface area contributed by atoms with E-state index < -0.39 is 10.0 Å². The molecule has 1 aliphatic heterocycles. The molecule has 6 nitrogen and oxygen atoms in total. The summed E-state index contributed by atoms with van der Waals surface area (Å²) in [5.41, 5.74) is 1.07. The van der Waals surface area contributed by atoms with E-state index in [1.165, 1.54) is 15.6 Å². The quantitative estimate of drug-likeness (QED) is 0.766. The second-order valence-corrected chi connectivity index (χ2v) is 9.41. The number of thiophene rings is 1. The third-order valence-electron chi connectivity index (χ3n) is 4.70. The second-order valence-electron chi connectivity index (χ2n) is 6.59. The largest absolute Gasteiger partial charge is 0.373 e. The number of nitrogens with one attached hydrogen (secondary N) is 1. The molecule has 2 heterocycles. The molecular formula is C19H25N3O3S2. The number of amides is 1. The number of nitrogens with zero attached hydrogens (tertiary/aromatic N) is 2. The van der Waals surface area contributed by atoms with Gasteiger partial charge < -0.3 is 10.2 Å². The Kier molecular flexibility index (Phi) is 6.51. The fourth-order valence-electron chi connectivity index (χ4n) is 3.14. The highest BCUT2D eigenvalue weighted by Crippen LogP contribution is 2.27. The van der Waals surface area contributed by atoms with Crippen molar-refractivity contribution < 1.29 is 13.2 Å². The molecular weight excluding hydrogens is 382 g/mol. The molecule has 0 unspecified atom stereocenters. The SMILES string of the molecule is CN(CCNC(=O)c1sccc1S(=O)(=O)N1CCCCC1)c1ccccc1. The van der Waals surface area contributed by atoms with E-state index in [9.17, 15) is 13.2 Å². The maximum atomic E-state index is 12.9. The third-order valence-corrected chi connectivity index (χ3v) is 7.68. The van der Waals surface area contributed by atoms with Crippen LogP contribution in [0.2, 0.25) is 0 Å². The van der Waals surface area contributed by atoms with Crippen LogP contribution in [0, 0.1) is 0 Å². The zero-order valence-electron chi connectivity index (χ0n) is 15.4. The van der Waals surface area contributed by atoms with Gasteiger partial charge in [-0.15, -0.1) is 11.3 Å². The Hall–Kier alpha value is -1.90. The number of benzene rings is 1. The number of carbonyl (C=O) groups excluding carboxylic acids is 1. The number of hydrogen-bond acceptors (Lipinski definition) is 5. The molecule has 2 aromatic rings. The first kappa shape index (κ1) is 19.9. The lowest BCUT2D eigenvalue weighted by Gasteiger charge is -2.25. The highest BCUT2D eigenvalue weighted by Gasteiger charge is 2.30. The van der Waals surface area contributed by atoms with Crippen LogP contribution < -0.4 is 10.2 Å². The van der Waals surface area contributed by atoms with Crippen LogP contribution in [0.1, 0.15) is 28.9 Å². The minimum absolute atomic E-state index is 0.128. The Morgan fingerprint density at radius 3 is 2.56 bits per heavy atom. The Balaban J connectivity index is 1.62. The highest BCUT2D eigenvalue weighted by molar-refractivity contribution is 7.89. The van der Waals surface area contributed by atoms with Gasteiger partial charge in [0, 0.05) is 38.9 Å². The van der Waals surface area contributed by atoms with Crippen molar-refractivity contribution in [1.82, 2.24) is 9.62 Å². The summed E-state index contributed by atoms with van der Waals surface area (Å²) in [5, 5.41) is 4.52. The Bertz CT molecular complexity index is 859. The van der Waals surface area contributed by atoms with E-state index in [0.717, 1.165) is 24.9 Å². The number of anilines is 1. The molecule has 0 bridgehead atoms. The molecule has 1 fully saturated rings. The first-order valence-electron chi connectivity index (χ1n) is 9.12. The van der Waals surface area contributed by atoms with E-state index in [4.69, 9.17) is 0 Å². The maximum absolute atomic E-state index is 12.9. The predicted octanol–water partition coefficient (Wildman–Crippen LogP) is 2.79. The van der Waals surface area contributed by atoms with Crippen molar-refractivity contribution in [2.75, 3.05) is 38.1 Å². The number of sulfonamides is 1. The molecule has 0 radical (unpaired) electrons. The monoisotopic (exact) mass is 407 g/mol. The van der Waals surface area contributed by atoms with Crippen LogP contribution in [-0.2, 0) is 10.0 Å². The van der Waals surface area contributed by atoms with Crippen molar-refractivity contribution in [3.63, 3.8) is 0 Å². The maximum Gasteiger partial charge on any atom is 0.262 e. The number of para-hydroxylation sites is 1. The Morgan fingerprint density at radius 2 is 1.85 bits per heavy atom. The first-order chi connectivity index (χ1) is 13.0. The highest BCUT2D eigenvalue weighted by atomic mass is 32.2. The lowest BCUT2D eigenvalue weighted by molar-refractivity contribution is 0.0955. The average molecular weight is 408 g/mol.